The fourth-order valence-electron chi connectivity index (χ4n) is 2.45. The van der Waals surface area contributed by atoms with Crippen LogP contribution < -0.4 is 15.8 Å². The van der Waals surface area contributed by atoms with E-state index in [1.165, 1.54) is 5.56 Å². The number of guanidine groups is 1. The maximum atomic E-state index is 5.97. The third-order valence-corrected chi connectivity index (χ3v) is 3.69. The summed E-state index contributed by atoms with van der Waals surface area (Å²) >= 11 is 0. The first-order valence-electron chi connectivity index (χ1n) is 7.99. The fourth-order valence-corrected chi connectivity index (χ4v) is 2.45. The van der Waals surface area contributed by atoms with Crippen LogP contribution in [0, 0.1) is 0 Å². The Hall–Kier alpha value is -2.55. The second-order valence-corrected chi connectivity index (χ2v) is 5.58. The molecule has 3 rings (SSSR count). The summed E-state index contributed by atoms with van der Waals surface area (Å²) in [5.41, 5.74) is 9.12. The molecule has 7 heteroatoms. The molecule has 0 unspecified atom stereocenters. The van der Waals surface area contributed by atoms with Gasteiger partial charge in [0.1, 0.15) is 5.75 Å². The first kappa shape index (κ1) is 19.8. The van der Waals surface area contributed by atoms with Crippen molar-refractivity contribution in [3.63, 3.8) is 0 Å². The van der Waals surface area contributed by atoms with Gasteiger partial charge in [0.05, 0.1) is 20.2 Å². The Labute approximate surface area is 170 Å². The highest BCUT2D eigenvalue weighted by atomic mass is 127. The van der Waals surface area contributed by atoms with E-state index < -0.39 is 0 Å². The topological polar surface area (TPSA) is 77.5 Å². The molecule has 136 valence electrons. The quantitative estimate of drug-likeness (QED) is 0.334. The van der Waals surface area contributed by atoms with Crippen LogP contribution in [0.25, 0.3) is 0 Å². The standard InChI is InChI=1S/C19H21N5O.HI/c1-25-18-8-6-17(7-9-18)23-19(20)21-13-15-4-2-5-16(12-15)14-24-11-3-10-22-24;/h2-12H,13-14H2,1H3,(H3,20,21,23);1H. The zero-order chi connectivity index (χ0) is 17.5. The van der Waals surface area contributed by atoms with Gasteiger partial charge in [0.25, 0.3) is 0 Å². The van der Waals surface area contributed by atoms with Crippen molar-refractivity contribution in [3.05, 3.63) is 78.1 Å². The molecule has 3 N–H and O–H groups in total. The molecule has 0 fully saturated rings. The molecular weight excluding hydrogens is 441 g/mol. The summed E-state index contributed by atoms with van der Waals surface area (Å²) in [5, 5.41) is 7.30. The Bertz CT molecular complexity index is 831. The molecular formula is C19H22IN5O. The SMILES string of the molecule is COc1ccc(NC(N)=NCc2cccc(Cn3cccn3)c2)cc1.I. The first-order chi connectivity index (χ1) is 12.2. The molecule has 0 aliphatic rings. The highest BCUT2D eigenvalue weighted by Gasteiger charge is 1.99. The summed E-state index contributed by atoms with van der Waals surface area (Å²) in [6.07, 6.45) is 3.72. The number of nitrogens with one attached hydrogen (secondary N) is 1. The van der Waals surface area contributed by atoms with Gasteiger partial charge in [-0.3, -0.25) is 4.68 Å². The molecule has 3 aromatic rings. The van der Waals surface area contributed by atoms with E-state index in [1.54, 1.807) is 13.3 Å². The molecule has 0 amide bonds. The molecule has 26 heavy (non-hydrogen) atoms. The predicted octanol–water partition coefficient (Wildman–Crippen LogP) is 3.48. The van der Waals surface area contributed by atoms with Crippen LogP contribution in [0.3, 0.4) is 0 Å². The van der Waals surface area contributed by atoms with E-state index in [0.717, 1.165) is 23.5 Å². The van der Waals surface area contributed by atoms with E-state index in [-0.39, 0.29) is 24.0 Å². The molecule has 0 saturated heterocycles. The number of aromatic nitrogens is 2. The van der Waals surface area contributed by atoms with Gasteiger partial charge >= 0.3 is 0 Å². The lowest BCUT2D eigenvalue weighted by atomic mass is 10.1. The van der Waals surface area contributed by atoms with Crippen molar-refractivity contribution in [2.24, 2.45) is 10.7 Å². The van der Waals surface area contributed by atoms with Crippen molar-refractivity contribution in [3.8, 4) is 5.75 Å². The summed E-state index contributed by atoms with van der Waals surface area (Å²) < 4.78 is 7.02. The van der Waals surface area contributed by atoms with Crippen LogP contribution in [-0.2, 0) is 13.1 Å². The number of benzene rings is 2. The number of ether oxygens (including phenoxy) is 1. The molecule has 0 saturated carbocycles. The average Bonchev–Trinajstić information content (AvgIpc) is 3.14. The maximum Gasteiger partial charge on any atom is 0.193 e. The molecule has 0 radical (unpaired) electrons. The molecule has 2 aromatic carbocycles. The van der Waals surface area contributed by atoms with Crippen LogP contribution in [-0.4, -0.2) is 22.8 Å². The van der Waals surface area contributed by atoms with E-state index in [9.17, 15) is 0 Å². The molecule has 0 aliphatic carbocycles. The first-order valence-corrected chi connectivity index (χ1v) is 7.99. The van der Waals surface area contributed by atoms with Crippen molar-refractivity contribution in [1.29, 1.82) is 0 Å². The number of hydrogen-bond donors (Lipinski definition) is 2. The van der Waals surface area contributed by atoms with Gasteiger partial charge < -0.3 is 15.8 Å². The van der Waals surface area contributed by atoms with E-state index in [2.05, 4.69) is 27.5 Å². The molecule has 0 atom stereocenters. The third kappa shape index (κ3) is 5.76. The van der Waals surface area contributed by atoms with E-state index in [4.69, 9.17) is 10.5 Å². The highest BCUT2D eigenvalue weighted by Crippen LogP contribution is 2.15. The largest absolute Gasteiger partial charge is 0.497 e. The monoisotopic (exact) mass is 463 g/mol. The lowest BCUT2D eigenvalue weighted by Crippen LogP contribution is -2.22. The number of rotatable bonds is 6. The Morgan fingerprint density at radius 3 is 2.62 bits per heavy atom. The van der Waals surface area contributed by atoms with Crippen LogP contribution in [0.2, 0.25) is 0 Å². The fraction of sp³-hybridized carbons (Fsp3) is 0.158. The van der Waals surface area contributed by atoms with Crippen molar-refractivity contribution in [2.45, 2.75) is 13.1 Å². The van der Waals surface area contributed by atoms with Crippen LogP contribution in [0.4, 0.5) is 5.69 Å². The minimum atomic E-state index is 0. The molecule has 0 bridgehead atoms. The summed E-state index contributed by atoms with van der Waals surface area (Å²) in [5.74, 6) is 1.18. The van der Waals surface area contributed by atoms with Crippen molar-refractivity contribution in [2.75, 3.05) is 12.4 Å². The second-order valence-electron chi connectivity index (χ2n) is 5.58. The Morgan fingerprint density at radius 1 is 1.15 bits per heavy atom. The van der Waals surface area contributed by atoms with E-state index in [1.807, 2.05) is 53.3 Å². The Balaban J connectivity index is 0.00000243. The molecule has 0 spiro atoms. The average molecular weight is 463 g/mol. The summed E-state index contributed by atoms with van der Waals surface area (Å²) in [4.78, 5) is 4.40. The number of methoxy groups -OCH3 is 1. The maximum absolute atomic E-state index is 5.97. The molecule has 1 heterocycles. The van der Waals surface area contributed by atoms with Crippen molar-refractivity contribution >= 4 is 35.6 Å². The third-order valence-electron chi connectivity index (χ3n) is 3.69. The van der Waals surface area contributed by atoms with Gasteiger partial charge in [-0.2, -0.15) is 5.10 Å². The van der Waals surface area contributed by atoms with Crippen LogP contribution in [0.1, 0.15) is 11.1 Å². The van der Waals surface area contributed by atoms with Gasteiger partial charge in [-0.25, -0.2) is 4.99 Å². The van der Waals surface area contributed by atoms with E-state index >= 15 is 0 Å². The normalized spacial score (nSPS) is 10.9. The molecule has 1 aromatic heterocycles. The minimum Gasteiger partial charge on any atom is -0.497 e. The molecule has 0 aliphatic heterocycles. The van der Waals surface area contributed by atoms with E-state index in [0.29, 0.717) is 12.5 Å². The number of halogens is 1. The van der Waals surface area contributed by atoms with Gasteiger partial charge in [-0.1, -0.05) is 24.3 Å². The van der Waals surface area contributed by atoms with Gasteiger partial charge in [0, 0.05) is 18.1 Å². The van der Waals surface area contributed by atoms with Crippen LogP contribution in [0.15, 0.2) is 72.0 Å². The lowest BCUT2D eigenvalue weighted by Gasteiger charge is -2.07. The number of hydrogen-bond acceptors (Lipinski definition) is 3. The molecule has 6 nitrogen and oxygen atoms in total. The minimum absolute atomic E-state index is 0. The lowest BCUT2D eigenvalue weighted by molar-refractivity contribution is 0.415. The highest BCUT2D eigenvalue weighted by molar-refractivity contribution is 14.0. The van der Waals surface area contributed by atoms with Gasteiger partial charge in [0.15, 0.2) is 5.96 Å². The van der Waals surface area contributed by atoms with Gasteiger partial charge in [0.2, 0.25) is 0 Å². The number of nitrogens with zero attached hydrogens (tertiary/aromatic N) is 3. The summed E-state index contributed by atoms with van der Waals surface area (Å²) in [7, 11) is 1.64. The summed E-state index contributed by atoms with van der Waals surface area (Å²) in [6, 6.07) is 17.7. The zero-order valence-corrected chi connectivity index (χ0v) is 16.8. The summed E-state index contributed by atoms with van der Waals surface area (Å²) in [6.45, 7) is 1.26. The number of aliphatic imine (C=N–C) groups is 1. The van der Waals surface area contributed by atoms with Crippen LogP contribution in [0.5, 0.6) is 5.75 Å². The Morgan fingerprint density at radius 2 is 1.92 bits per heavy atom. The Kier molecular flexibility index (Phi) is 7.46. The smallest absolute Gasteiger partial charge is 0.193 e. The zero-order valence-electron chi connectivity index (χ0n) is 14.5. The van der Waals surface area contributed by atoms with Gasteiger partial charge in [-0.15, -0.1) is 24.0 Å². The van der Waals surface area contributed by atoms with Crippen molar-refractivity contribution < 1.29 is 4.74 Å². The number of anilines is 1. The number of nitrogens with two attached hydrogens (primary N) is 1. The van der Waals surface area contributed by atoms with Crippen LogP contribution >= 0.6 is 24.0 Å². The van der Waals surface area contributed by atoms with Gasteiger partial charge in [-0.05, 0) is 41.5 Å². The van der Waals surface area contributed by atoms with Crippen molar-refractivity contribution in [1.82, 2.24) is 9.78 Å². The predicted molar refractivity (Wildman–Crippen MR) is 115 cm³/mol. The second kappa shape index (κ2) is 9.81.